The third kappa shape index (κ3) is 8.50. The van der Waals surface area contributed by atoms with Crippen molar-refractivity contribution in [3.8, 4) is 11.5 Å². The predicted molar refractivity (Wildman–Crippen MR) is 188 cm³/mol. The fraction of sp³-hybridized carbons (Fsp3) is 0.282. The highest BCUT2D eigenvalue weighted by Gasteiger charge is 2.36. The molecule has 2 unspecified atom stereocenters. The number of halogens is 1. The van der Waals surface area contributed by atoms with Crippen LogP contribution in [0.5, 0.6) is 11.5 Å². The minimum Gasteiger partial charge on any atom is -0.454 e. The molecule has 0 saturated carbocycles. The highest BCUT2D eigenvalue weighted by molar-refractivity contribution is 6.30. The number of anilines is 1. The largest absolute Gasteiger partial charge is 0.454 e. The SMILES string of the molecule is O=C(CNc1cccc(Cl)c1)N[C@@H](Cc1ccccc1)C(O)CC(CCc1ccc2c(c1)OCO2)C(=O)CCN1C(=O)c2ccccc2C1=O. The van der Waals surface area contributed by atoms with E-state index in [-0.39, 0.29) is 44.4 Å². The monoisotopic (exact) mass is 695 g/mol. The normalized spacial score (nSPS) is 15.0. The molecule has 6 rings (SSSR count). The van der Waals surface area contributed by atoms with E-state index in [0.29, 0.717) is 52.6 Å². The van der Waals surface area contributed by atoms with E-state index in [1.165, 1.54) is 0 Å². The summed E-state index contributed by atoms with van der Waals surface area (Å²) in [6.07, 6.45) is 0.138. The van der Waals surface area contributed by atoms with Crippen LogP contribution in [0.15, 0.2) is 97.1 Å². The van der Waals surface area contributed by atoms with Gasteiger partial charge >= 0.3 is 0 Å². The fourth-order valence-corrected chi connectivity index (χ4v) is 6.55. The molecule has 3 amide bonds. The second-order valence-corrected chi connectivity index (χ2v) is 12.9. The van der Waals surface area contributed by atoms with Crippen molar-refractivity contribution in [2.24, 2.45) is 5.92 Å². The molecule has 0 aromatic heterocycles. The number of imide groups is 1. The second kappa shape index (κ2) is 16.0. The number of benzene rings is 4. The van der Waals surface area contributed by atoms with Crippen LogP contribution >= 0.6 is 11.6 Å². The highest BCUT2D eigenvalue weighted by atomic mass is 35.5. The Balaban J connectivity index is 1.16. The average Bonchev–Trinajstić information content (AvgIpc) is 3.69. The van der Waals surface area contributed by atoms with E-state index in [1.54, 1.807) is 48.5 Å². The number of rotatable bonds is 16. The molecule has 0 saturated heterocycles. The van der Waals surface area contributed by atoms with Crippen LogP contribution in [-0.4, -0.2) is 65.5 Å². The molecule has 4 aromatic rings. The first-order valence-electron chi connectivity index (χ1n) is 16.6. The van der Waals surface area contributed by atoms with Crippen LogP contribution in [0.1, 0.15) is 51.1 Å². The lowest BCUT2D eigenvalue weighted by atomic mass is 9.86. The maximum atomic E-state index is 13.9. The predicted octanol–water partition coefficient (Wildman–Crippen LogP) is 5.46. The molecule has 4 aromatic carbocycles. The van der Waals surface area contributed by atoms with Crippen LogP contribution < -0.4 is 20.1 Å². The number of fused-ring (bicyclic) bond motifs is 2. The summed E-state index contributed by atoms with van der Waals surface area (Å²) in [6, 6.07) is 28.0. The number of aryl methyl sites for hydroxylation is 1. The minimum atomic E-state index is -1.09. The Kier molecular flexibility index (Phi) is 11.1. The number of ether oxygens (including phenoxy) is 2. The van der Waals surface area contributed by atoms with Crippen molar-refractivity contribution in [3.05, 3.63) is 124 Å². The summed E-state index contributed by atoms with van der Waals surface area (Å²) in [7, 11) is 0. The Hall–Kier alpha value is -5.19. The molecule has 0 bridgehead atoms. The van der Waals surface area contributed by atoms with Gasteiger partial charge in [0.2, 0.25) is 12.7 Å². The Morgan fingerprint density at radius 2 is 1.56 bits per heavy atom. The molecule has 2 heterocycles. The molecule has 258 valence electrons. The number of amides is 3. The summed E-state index contributed by atoms with van der Waals surface area (Å²) >= 11 is 6.09. The van der Waals surface area contributed by atoms with Gasteiger partial charge in [0.15, 0.2) is 11.5 Å². The lowest BCUT2D eigenvalue weighted by molar-refractivity contribution is -0.124. The van der Waals surface area contributed by atoms with E-state index in [9.17, 15) is 24.3 Å². The van der Waals surface area contributed by atoms with Gasteiger partial charge in [0.25, 0.3) is 11.8 Å². The van der Waals surface area contributed by atoms with E-state index in [2.05, 4.69) is 10.6 Å². The van der Waals surface area contributed by atoms with Crippen molar-refractivity contribution in [1.82, 2.24) is 10.2 Å². The summed E-state index contributed by atoms with van der Waals surface area (Å²) < 4.78 is 11.0. The van der Waals surface area contributed by atoms with E-state index in [0.717, 1.165) is 16.0 Å². The summed E-state index contributed by atoms with van der Waals surface area (Å²) in [5.41, 5.74) is 3.17. The second-order valence-electron chi connectivity index (χ2n) is 12.5. The van der Waals surface area contributed by atoms with Crippen LogP contribution in [0.25, 0.3) is 0 Å². The molecule has 0 radical (unpaired) electrons. The van der Waals surface area contributed by atoms with Crippen LogP contribution in [0.2, 0.25) is 5.02 Å². The topological polar surface area (TPSA) is 134 Å². The molecule has 2 aliphatic heterocycles. The third-order valence-corrected chi connectivity index (χ3v) is 9.28. The summed E-state index contributed by atoms with van der Waals surface area (Å²) in [5.74, 6) is -0.715. The zero-order chi connectivity index (χ0) is 35.0. The number of carbonyl (C=O) groups is 4. The van der Waals surface area contributed by atoms with Crippen molar-refractivity contribution in [1.29, 1.82) is 0 Å². The number of carbonyl (C=O) groups excluding carboxylic acids is 4. The molecule has 2 aliphatic rings. The molecule has 3 N–H and O–H groups in total. The maximum Gasteiger partial charge on any atom is 0.261 e. The van der Waals surface area contributed by atoms with E-state index in [4.69, 9.17) is 21.1 Å². The maximum absolute atomic E-state index is 13.9. The summed E-state index contributed by atoms with van der Waals surface area (Å²) in [6.45, 7) is 0.0271. The fourth-order valence-electron chi connectivity index (χ4n) is 6.36. The lowest BCUT2D eigenvalue weighted by Gasteiger charge is -2.28. The standard InChI is InChI=1S/C39H38ClN3O7/c40-28-9-6-10-29(22-28)41-23-37(46)42-32(19-25-7-2-1-3-8-25)34(45)21-27(15-13-26-14-16-35-36(20-26)50-24-49-35)33(44)17-18-43-38(47)30-11-4-5-12-31(30)39(43)48/h1-12,14,16,20,22,27,32,34,41,45H,13,15,17-19,21,23-24H2,(H,42,46)/t27?,32-,34?/m0/s1. The average molecular weight is 696 g/mol. The first-order valence-corrected chi connectivity index (χ1v) is 17.0. The van der Waals surface area contributed by atoms with Gasteiger partial charge in [-0.05, 0) is 79.3 Å². The zero-order valence-corrected chi connectivity index (χ0v) is 28.1. The zero-order valence-electron chi connectivity index (χ0n) is 27.3. The van der Waals surface area contributed by atoms with Gasteiger partial charge in [-0.2, -0.15) is 0 Å². The molecule has 0 aliphatic carbocycles. The number of aliphatic hydroxyl groups excluding tert-OH is 1. The van der Waals surface area contributed by atoms with Gasteiger partial charge in [-0.25, -0.2) is 0 Å². The van der Waals surface area contributed by atoms with E-state index in [1.807, 2.05) is 48.5 Å². The number of hydrogen-bond acceptors (Lipinski definition) is 8. The van der Waals surface area contributed by atoms with Gasteiger partial charge in [-0.15, -0.1) is 0 Å². The number of nitrogens with zero attached hydrogens (tertiary/aromatic N) is 1. The minimum absolute atomic E-state index is 0.0505. The van der Waals surface area contributed by atoms with Crippen LogP contribution in [0.4, 0.5) is 5.69 Å². The molecule has 10 nitrogen and oxygen atoms in total. The van der Waals surface area contributed by atoms with Crippen molar-refractivity contribution >= 4 is 40.8 Å². The Morgan fingerprint density at radius 1 is 0.840 bits per heavy atom. The molecule has 0 fully saturated rings. The highest BCUT2D eigenvalue weighted by Crippen LogP contribution is 2.33. The Labute approximate surface area is 295 Å². The summed E-state index contributed by atoms with van der Waals surface area (Å²) in [4.78, 5) is 54.1. The first-order chi connectivity index (χ1) is 24.2. The summed E-state index contributed by atoms with van der Waals surface area (Å²) in [5, 5.41) is 18.3. The van der Waals surface area contributed by atoms with Gasteiger partial charge in [0, 0.05) is 29.6 Å². The van der Waals surface area contributed by atoms with Crippen molar-refractivity contribution in [2.75, 3.05) is 25.2 Å². The third-order valence-electron chi connectivity index (χ3n) is 9.05. The quantitative estimate of drug-likeness (QED) is 0.132. The van der Waals surface area contributed by atoms with Crippen LogP contribution in [0, 0.1) is 5.92 Å². The Morgan fingerprint density at radius 3 is 2.30 bits per heavy atom. The van der Waals surface area contributed by atoms with Crippen molar-refractivity contribution < 1.29 is 33.8 Å². The number of aliphatic hydroxyl groups is 1. The van der Waals surface area contributed by atoms with E-state index < -0.39 is 29.9 Å². The van der Waals surface area contributed by atoms with Gasteiger partial charge in [0.1, 0.15) is 5.78 Å². The molecule has 3 atom stereocenters. The van der Waals surface area contributed by atoms with Gasteiger partial charge in [-0.3, -0.25) is 24.1 Å². The number of ketones is 1. The molecule has 11 heteroatoms. The number of Topliss-reactive ketones (excluding diaryl/α,β-unsaturated/α-hetero) is 1. The van der Waals surface area contributed by atoms with Crippen molar-refractivity contribution in [2.45, 2.75) is 44.2 Å². The van der Waals surface area contributed by atoms with Gasteiger partial charge in [-0.1, -0.05) is 66.2 Å². The van der Waals surface area contributed by atoms with Crippen LogP contribution in [-0.2, 0) is 22.4 Å². The molecular weight excluding hydrogens is 658 g/mol. The molecular formula is C39H38ClN3O7. The van der Waals surface area contributed by atoms with Crippen LogP contribution in [0.3, 0.4) is 0 Å². The lowest BCUT2D eigenvalue weighted by Crippen LogP contribution is -2.47. The van der Waals surface area contributed by atoms with E-state index >= 15 is 0 Å². The Bertz CT molecular complexity index is 1830. The number of nitrogens with one attached hydrogen (secondary N) is 2. The molecule has 50 heavy (non-hydrogen) atoms. The first kappa shape index (κ1) is 34.7. The van der Waals surface area contributed by atoms with Crippen molar-refractivity contribution in [3.63, 3.8) is 0 Å². The number of hydrogen-bond donors (Lipinski definition) is 3. The smallest absolute Gasteiger partial charge is 0.261 e. The van der Waals surface area contributed by atoms with Gasteiger partial charge in [0.05, 0.1) is 29.8 Å². The molecule has 0 spiro atoms. The van der Waals surface area contributed by atoms with Gasteiger partial charge < -0.3 is 25.2 Å².